The van der Waals surface area contributed by atoms with Gasteiger partial charge < -0.3 is 14.9 Å². The maximum atomic E-state index is 13.5. The number of carbonyl (C=O) groups excluding carboxylic acids is 1. The quantitative estimate of drug-likeness (QED) is 0.274. The van der Waals surface area contributed by atoms with Gasteiger partial charge in [0.25, 0.3) is 0 Å². The lowest BCUT2D eigenvalue weighted by atomic mass is 9.87. The fraction of sp³-hybridized carbons (Fsp3) is 0.407. The van der Waals surface area contributed by atoms with Gasteiger partial charge in [-0.15, -0.1) is 0 Å². The van der Waals surface area contributed by atoms with E-state index in [0.29, 0.717) is 25.7 Å². The van der Waals surface area contributed by atoms with Gasteiger partial charge in [0.1, 0.15) is 0 Å². The van der Waals surface area contributed by atoms with Crippen LogP contribution in [0.25, 0.3) is 0 Å². The monoisotopic (exact) mass is 451 g/mol. The zero-order chi connectivity index (χ0) is 23.6. The summed E-state index contributed by atoms with van der Waals surface area (Å²) in [5.41, 5.74) is 2.93. The molecule has 0 heterocycles. The van der Waals surface area contributed by atoms with Crippen molar-refractivity contribution in [1.29, 1.82) is 0 Å². The highest BCUT2D eigenvalue weighted by atomic mass is 16.6. The summed E-state index contributed by atoms with van der Waals surface area (Å²) < 4.78 is 5.60. The van der Waals surface area contributed by atoms with E-state index in [1.807, 2.05) is 73.7 Å². The third-order valence-corrected chi connectivity index (χ3v) is 6.14. The molecule has 2 unspecified atom stereocenters. The Balaban J connectivity index is 1.79. The number of Topliss-reactive ketones (excluding diaryl/α,β-unsaturated/α-hetero) is 1. The second kappa shape index (κ2) is 12.4. The van der Waals surface area contributed by atoms with Gasteiger partial charge in [-0.2, -0.15) is 0 Å². The van der Waals surface area contributed by atoms with Gasteiger partial charge in [-0.1, -0.05) is 66.7 Å². The minimum atomic E-state index is -1.10. The Bertz CT molecular complexity index is 943. The first kappa shape index (κ1) is 24.8. The second-order valence-corrected chi connectivity index (χ2v) is 8.43. The lowest BCUT2D eigenvalue weighted by molar-refractivity contribution is -0.140. The van der Waals surface area contributed by atoms with E-state index in [1.54, 1.807) is 0 Å². The van der Waals surface area contributed by atoms with Crippen molar-refractivity contribution in [1.82, 2.24) is 5.32 Å². The molecule has 33 heavy (non-hydrogen) atoms. The minimum Gasteiger partial charge on any atom is -0.481 e. The number of carboxylic acids is 1. The summed E-state index contributed by atoms with van der Waals surface area (Å²) >= 11 is 0. The van der Waals surface area contributed by atoms with Crippen molar-refractivity contribution >= 4 is 11.8 Å². The van der Waals surface area contributed by atoms with Crippen molar-refractivity contribution in [3.05, 3.63) is 83.4 Å². The zero-order valence-electron chi connectivity index (χ0n) is 19.0. The molecule has 0 amide bonds. The Kier molecular flexibility index (Phi) is 9.36. The number of aryl methyl sites for hydroxylation is 2. The molecule has 0 fully saturated rings. The smallest absolute Gasteiger partial charge is 0.304 e. The molecular weight excluding hydrogens is 418 g/mol. The van der Waals surface area contributed by atoms with Crippen molar-refractivity contribution in [2.24, 2.45) is 0 Å². The first-order valence-corrected chi connectivity index (χ1v) is 11.5. The number of benzene rings is 2. The highest BCUT2D eigenvalue weighted by Gasteiger charge is 2.36. The molecule has 0 radical (unpaired) electrons. The molecule has 1 aliphatic carbocycles. The van der Waals surface area contributed by atoms with Crippen molar-refractivity contribution in [3.8, 4) is 0 Å². The Morgan fingerprint density at radius 3 is 2.64 bits per heavy atom. The predicted molar refractivity (Wildman–Crippen MR) is 127 cm³/mol. The maximum Gasteiger partial charge on any atom is 0.304 e. The van der Waals surface area contributed by atoms with E-state index in [0.717, 1.165) is 16.7 Å². The molecule has 4 atom stereocenters. The van der Waals surface area contributed by atoms with Crippen LogP contribution in [0.1, 0.15) is 48.8 Å². The topological polar surface area (TPSA) is 95.9 Å². The molecule has 0 saturated carbocycles. The van der Waals surface area contributed by atoms with Gasteiger partial charge in [-0.3, -0.25) is 14.9 Å². The third kappa shape index (κ3) is 7.09. The van der Waals surface area contributed by atoms with Crippen molar-refractivity contribution in [2.75, 3.05) is 6.61 Å². The number of carbonyl (C=O) groups is 2. The van der Waals surface area contributed by atoms with E-state index in [1.165, 1.54) is 0 Å². The molecule has 2 aromatic rings. The fourth-order valence-electron chi connectivity index (χ4n) is 4.39. The summed E-state index contributed by atoms with van der Waals surface area (Å²) in [4.78, 5) is 25.0. The number of aliphatic carboxylic acids is 1. The molecule has 6 nitrogen and oxygen atoms in total. The number of nitrogens with one attached hydrogen (secondary N) is 1. The number of rotatable bonds is 11. The Morgan fingerprint density at radius 1 is 1.18 bits per heavy atom. The van der Waals surface area contributed by atoms with Gasteiger partial charge in [0.15, 0.2) is 12.1 Å². The van der Waals surface area contributed by atoms with Gasteiger partial charge in [0.05, 0.1) is 31.0 Å². The first-order chi connectivity index (χ1) is 16.0. The summed E-state index contributed by atoms with van der Waals surface area (Å²) in [5, 5.41) is 23.5. The SMILES string of the molecule is C/C=C\CO[C@@H](O)C(CCc1ccccc1)N[C@H]1CCc2ccccc2C(CC(=O)O)C1=O. The van der Waals surface area contributed by atoms with Crippen LogP contribution in [-0.2, 0) is 27.2 Å². The molecule has 176 valence electrons. The van der Waals surface area contributed by atoms with E-state index < -0.39 is 30.3 Å². The molecule has 3 rings (SSSR count). The van der Waals surface area contributed by atoms with E-state index in [-0.39, 0.29) is 18.8 Å². The van der Waals surface area contributed by atoms with Crippen LogP contribution in [0.3, 0.4) is 0 Å². The molecule has 1 aliphatic rings. The van der Waals surface area contributed by atoms with Crippen LogP contribution in [0.2, 0.25) is 0 Å². The molecule has 0 saturated heterocycles. The number of aliphatic hydroxyl groups is 1. The lowest BCUT2D eigenvalue weighted by Crippen LogP contribution is -2.50. The maximum absolute atomic E-state index is 13.5. The molecule has 2 aromatic carbocycles. The molecule has 6 heteroatoms. The largest absolute Gasteiger partial charge is 0.481 e. The number of allylic oxidation sites excluding steroid dienone is 1. The number of hydrogen-bond acceptors (Lipinski definition) is 5. The summed E-state index contributed by atoms with van der Waals surface area (Å²) in [6, 6.07) is 16.5. The summed E-state index contributed by atoms with van der Waals surface area (Å²) in [6.07, 6.45) is 4.80. The molecular formula is C27H33NO5. The van der Waals surface area contributed by atoms with Crippen molar-refractivity contribution in [2.45, 2.75) is 63.3 Å². The molecule has 0 spiro atoms. The molecule has 0 aliphatic heterocycles. The van der Waals surface area contributed by atoms with Gasteiger partial charge in [-0.05, 0) is 49.3 Å². The highest BCUT2D eigenvalue weighted by molar-refractivity contribution is 5.94. The normalized spacial score (nSPS) is 20.2. The average molecular weight is 452 g/mol. The summed E-state index contributed by atoms with van der Waals surface area (Å²) in [5.74, 6) is -1.86. The number of ether oxygens (including phenoxy) is 1. The van der Waals surface area contributed by atoms with Crippen LogP contribution in [0, 0.1) is 0 Å². The van der Waals surface area contributed by atoms with Crippen molar-refractivity contribution < 1.29 is 24.5 Å². The van der Waals surface area contributed by atoms with Crippen LogP contribution in [0.5, 0.6) is 0 Å². The Hall–Kier alpha value is -2.80. The molecule has 0 aromatic heterocycles. The van der Waals surface area contributed by atoms with E-state index >= 15 is 0 Å². The highest BCUT2D eigenvalue weighted by Crippen LogP contribution is 2.31. The van der Waals surface area contributed by atoms with Gasteiger partial charge >= 0.3 is 5.97 Å². The Labute approximate surface area is 195 Å². The van der Waals surface area contributed by atoms with E-state index in [4.69, 9.17) is 4.74 Å². The van der Waals surface area contributed by atoms with Gasteiger partial charge in [-0.25, -0.2) is 0 Å². The summed E-state index contributed by atoms with van der Waals surface area (Å²) in [7, 11) is 0. The Morgan fingerprint density at radius 2 is 1.91 bits per heavy atom. The zero-order valence-corrected chi connectivity index (χ0v) is 19.0. The second-order valence-electron chi connectivity index (χ2n) is 8.43. The number of aliphatic hydroxyl groups excluding tert-OH is 1. The number of ketones is 1. The molecule has 3 N–H and O–H groups in total. The third-order valence-electron chi connectivity index (χ3n) is 6.14. The standard InChI is InChI=1S/C27H33NO5/c1-2-3-17-33-27(32)24(15-13-19-9-5-4-6-10-19)28-23-16-14-20-11-7-8-12-21(20)22(26(23)31)18-25(29)30/h2-12,22-24,27-28,32H,13-18H2,1H3,(H,29,30)/b3-2-/t22?,23-,24?,27+/m0/s1. The number of hydrogen-bond donors (Lipinski definition) is 3. The van der Waals surface area contributed by atoms with Crippen LogP contribution >= 0.6 is 0 Å². The molecule has 0 bridgehead atoms. The fourth-order valence-corrected chi connectivity index (χ4v) is 4.39. The van der Waals surface area contributed by atoms with Crippen LogP contribution in [0.4, 0.5) is 0 Å². The average Bonchev–Trinajstić information content (AvgIpc) is 2.94. The van der Waals surface area contributed by atoms with Crippen LogP contribution < -0.4 is 5.32 Å². The summed E-state index contributed by atoms with van der Waals surface area (Å²) in [6.45, 7) is 2.15. The predicted octanol–water partition coefficient (Wildman–Crippen LogP) is 3.63. The number of fused-ring (bicyclic) bond motifs is 1. The van der Waals surface area contributed by atoms with Crippen molar-refractivity contribution in [3.63, 3.8) is 0 Å². The van der Waals surface area contributed by atoms with E-state index in [2.05, 4.69) is 5.32 Å². The lowest BCUT2D eigenvalue weighted by Gasteiger charge is -2.29. The van der Waals surface area contributed by atoms with Crippen LogP contribution in [-0.4, -0.2) is 46.9 Å². The van der Waals surface area contributed by atoms with E-state index in [9.17, 15) is 19.8 Å². The first-order valence-electron chi connectivity index (χ1n) is 11.5. The van der Waals surface area contributed by atoms with Gasteiger partial charge in [0, 0.05) is 0 Å². The number of carboxylic acid groups (broad SMARTS) is 1. The minimum absolute atomic E-state index is 0.146. The van der Waals surface area contributed by atoms with Crippen LogP contribution in [0.15, 0.2) is 66.7 Å². The van der Waals surface area contributed by atoms with Gasteiger partial charge in [0.2, 0.25) is 0 Å².